The van der Waals surface area contributed by atoms with Gasteiger partial charge in [-0.3, -0.25) is 0 Å². The normalized spacial score (nSPS) is 11.5. The van der Waals surface area contributed by atoms with Gasteiger partial charge in [0.15, 0.2) is 0 Å². The van der Waals surface area contributed by atoms with Gasteiger partial charge in [-0.1, -0.05) is 23.3 Å². The molecule has 2 aromatic heterocycles. The summed E-state index contributed by atoms with van der Waals surface area (Å²) < 4.78 is 8.24. The Morgan fingerprint density at radius 3 is 2.44 bits per heavy atom. The van der Waals surface area contributed by atoms with E-state index < -0.39 is 0 Å². The number of benzene rings is 2. The molecule has 4 rings (SSSR count). The van der Waals surface area contributed by atoms with Crippen molar-refractivity contribution in [3.05, 3.63) is 42.5 Å². The Balaban J connectivity index is 1.86. The molecule has 5 heteroatoms. The third-order valence-corrected chi connectivity index (χ3v) is 4.78. The van der Waals surface area contributed by atoms with Crippen molar-refractivity contribution in [2.45, 2.75) is 27.3 Å². The Bertz CT molecular complexity index is 1030. The van der Waals surface area contributed by atoms with Crippen LogP contribution in [0.3, 0.4) is 0 Å². The summed E-state index contributed by atoms with van der Waals surface area (Å²) in [6.45, 7) is 8.98. The number of aromatic nitrogens is 3. The zero-order valence-electron chi connectivity index (χ0n) is 14.9. The Hall–Kier alpha value is -2.82. The molecule has 0 aliphatic rings. The largest absolute Gasteiger partial charge is 0.403 e. The van der Waals surface area contributed by atoms with Crippen molar-refractivity contribution < 1.29 is 4.42 Å². The molecule has 4 aromatic rings. The van der Waals surface area contributed by atoms with Gasteiger partial charge >= 0.3 is 6.01 Å². The van der Waals surface area contributed by atoms with Crippen molar-refractivity contribution in [1.82, 2.24) is 14.8 Å². The van der Waals surface area contributed by atoms with Crippen LogP contribution in [0, 0.1) is 0 Å². The van der Waals surface area contributed by atoms with Crippen LogP contribution < -0.4 is 4.90 Å². The minimum absolute atomic E-state index is 0.567. The van der Waals surface area contributed by atoms with Crippen molar-refractivity contribution in [2.75, 3.05) is 18.0 Å². The zero-order valence-corrected chi connectivity index (χ0v) is 14.9. The molecule has 0 atom stereocenters. The average Bonchev–Trinajstić information content (AvgIpc) is 3.25. The van der Waals surface area contributed by atoms with Crippen LogP contribution in [0.1, 0.15) is 20.8 Å². The first-order valence-electron chi connectivity index (χ1n) is 8.86. The Labute approximate surface area is 146 Å². The molecule has 0 radical (unpaired) electrons. The maximum Gasteiger partial charge on any atom is 0.318 e. The highest BCUT2D eigenvalue weighted by molar-refractivity contribution is 6.09. The first kappa shape index (κ1) is 15.7. The second-order valence-electron chi connectivity index (χ2n) is 6.06. The minimum Gasteiger partial charge on any atom is -0.403 e. The smallest absolute Gasteiger partial charge is 0.318 e. The standard InChI is InChI=1S/C20H22N4O/c1-4-23(5-2)20-22-21-19(25-20)14-11-12-18-16(13-14)15-9-7-8-10-17(15)24(18)6-3/h7-13H,4-6H2,1-3H3. The maximum absolute atomic E-state index is 5.90. The van der Waals surface area contributed by atoms with Crippen LogP contribution in [0.15, 0.2) is 46.9 Å². The number of aryl methyl sites for hydroxylation is 1. The van der Waals surface area contributed by atoms with Crippen LogP contribution in [0.4, 0.5) is 6.01 Å². The van der Waals surface area contributed by atoms with E-state index in [2.05, 4.69) is 82.9 Å². The Morgan fingerprint density at radius 1 is 0.920 bits per heavy atom. The molecular formula is C20H22N4O. The molecule has 2 heterocycles. The molecule has 5 nitrogen and oxygen atoms in total. The summed E-state index contributed by atoms with van der Waals surface area (Å²) in [7, 11) is 0. The number of anilines is 1. The number of hydrogen-bond donors (Lipinski definition) is 0. The topological polar surface area (TPSA) is 47.1 Å². The van der Waals surface area contributed by atoms with E-state index in [4.69, 9.17) is 4.42 Å². The van der Waals surface area contributed by atoms with Crippen molar-refractivity contribution in [3.63, 3.8) is 0 Å². The molecule has 0 N–H and O–H groups in total. The van der Waals surface area contributed by atoms with Gasteiger partial charge in [0.2, 0.25) is 5.89 Å². The number of hydrogen-bond acceptors (Lipinski definition) is 4. The van der Waals surface area contributed by atoms with Gasteiger partial charge in [0.25, 0.3) is 0 Å². The molecule has 0 spiro atoms. The van der Waals surface area contributed by atoms with E-state index in [1.54, 1.807) is 0 Å². The highest BCUT2D eigenvalue weighted by Gasteiger charge is 2.15. The minimum atomic E-state index is 0.567. The number of nitrogens with zero attached hydrogens (tertiary/aromatic N) is 4. The van der Waals surface area contributed by atoms with Gasteiger partial charge in [0.1, 0.15) is 0 Å². The van der Waals surface area contributed by atoms with Crippen molar-refractivity contribution in [3.8, 4) is 11.5 Å². The van der Waals surface area contributed by atoms with E-state index in [9.17, 15) is 0 Å². The number of fused-ring (bicyclic) bond motifs is 3. The van der Waals surface area contributed by atoms with E-state index in [1.807, 2.05) is 0 Å². The molecule has 0 fully saturated rings. The van der Waals surface area contributed by atoms with Crippen LogP contribution >= 0.6 is 0 Å². The van der Waals surface area contributed by atoms with Crippen molar-refractivity contribution in [2.24, 2.45) is 0 Å². The van der Waals surface area contributed by atoms with Crippen LogP contribution in [0.25, 0.3) is 33.3 Å². The third kappa shape index (κ3) is 2.47. The van der Waals surface area contributed by atoms with Gasteiger partial charge in [0, 0.05) is 47.0 Å². The summed E-state index contributed by atoms with van der Waals surface area (Å²) in [5.41, 5.74) is 3.44. The molecule has 0 bridgehead atoms. The average molecular weight is 334 g/mol. The van der Waals surface area contributed by atoms with Crippen LogP contribution in [-0.2, 0) is 6.54 Å². The summed E-state index contributed by atoms with van der Waals surface area (Å²) in [5.74, 6) is 0.567. The molecular weight excluding hydrogens is 312 g/mol. The van der Waals surface area contributed by atoms with Crippen molar-refractivity contribution in [1.29, 1.82) is 0 Å². The second kappa shape index (κ2) is 6.24. The quantitative estimate of drug-likeness (QED) is 0.530. The van der Waals surface area contributed by atoms with Crippen LogP contribution in [0.2, 0.25) is 0 Å². The van der Waals surface area contributed by atoms with Gasteiger partial charge in [0.05, 0.1) is 0 Å². The monoisotopic (exact) mass is 334 g/mol. The summed E-state index contributed by atoms with van der Waals surface area (Å²) in [6.07, 6.45) is 0. The lowest BCUT2D eigenvalue weighted by Crippen LogP contribution is -2.21. The fourth-order valence-corrected chi connectivity index (χ4v) is 3.48. The summed E-state index contributed by atoms with van der Waals surface area (Å²) in [4.78, 5) is 2.05. The molecule has 0 saturated heterocycles. The van der Waals surface area contributed by atoms with Crippen LogP contribution in [-0.4, -0.2) is 27.9 Å². The summed E-state index contributed by atoms with van der Waals surface area (Å²) >= 11 is 0. The first-order chi connectivity index (χ1) is 12.3. The Kier molecular flexibility index (Phi) is 3.92. The lowest BCUT2D eigenvalue weighted by Gasteiger charge is -2.14. The molecule has 0 aliphatic carbocycles. The molecule has 25 heavy (non-hydrogen) atoms. The fourth-order valence-electron chi connectivity index (χ4n) is 3.48. The van der Waals surface area contributed by atoms with Gasteiger partial charge < -0.3 is 13.9 Å². The number of para-hydroxylation sites is 1. The van der Waals surface area contributed by atoms with E-state index in [1.165, 1.54) is 21.8 Å². The molecule has 0 saturated carbocycles. The van der Waals surface area contributed by atoms with Gasteiger partial charge in [-0.25, -0.2) is 0 Å². The predicted molar refractivity (Wildman–Crippen MR) is 102 cm³/mol. The van der Waals surface area contributed by atoms with E-state index in [0.717, 1.165) is 25.2 Å². The van der Waals surface area contributed by atoms with Crippen LogP contribution in [0.5, 0.6) is 0 Å². The molecule has 0 aliphatic heterocycles. The van der Waals surface area contributed by atoms with E-state index in [0.29, 0.717) is 11.9 Å². The fraction of sp³-hybridized carbons (Fsp3) is 0.300. The van der Waals surface area contributed by atoms with Gasteiger partial charge in [-0.2, -0.15) is 0 Å². The molecule has 0 amide bonds. The summed E-state index contributed by atoms with van der Waals surface area (Å²) in [6, 6.07) is 15.5. The zero-order chi connectivity index (χ0) is 17.4. The van der Waals surface area contributed by atoms with E-state index in [-0.39, 0.29) is 0 Å². The summed E-state index contributed by atoms with van der Waals surface area (Å²) in [5, 5.41) is 10.9. The maximum atomic E-state index is 5.90. The molecule has 128 valence electrons. The predicted octanol–water partition coefficient (Wildman–Crippen LogP) is 4.71. The molecule has 2 aromatic carbocycles. The third-order valence-electron chi connectivity index (χ3n) is 4.78. The first-order valence-corrected chi connectivity index (χ1v) is 8.86. The highest BCUT2D eigenvalue weighted by atomic mass is 16.4. The lowest BCUT2D eigenvalue weighted by molar-refractivity contribution is 0.550. The lowest BCUT2D eigenvalue weighted by atomic mass is 10.1. The second-order valence-corrected chi connectivity index (χ2v) is 6.06. The highest BCUT2D eigenvalue weighted by Crippen LogP contribution is 2.32. The van der Waals surface area contributed by atoms with Crippen molar-refractivity contribution >= 4 is 27.8 Å². The molecule has 0 unspecified atom stereocenters. The Morgan fingerprint density at radius 2 is 1.68 bits per heavy atom. The van der Waals surface area contributed by atoms with Gasteiger partial charge in [-0.05, 0) is 45.0 Å². The van der Waals surface area contributed by atoms with Gasteiger partial charge in [-0.15, -0.1) is 5.10 Å². The van der Waals surface area contributed by atoms with E-state index >= 15 is 0 Å². The number of rotatable bonds is 5. The SMILES string of the molecule is CCN(CC)c1nnc(-c2ccc3c(c2)c2ccccc2n3CC)o1.